The third-order valence-corrected chi connectivity index (χ3v) is 6.02. The van der Waals surface area contributed by atoms with Crippen LogP contribution in [0.4, 0.5) is 9.18 Å². The summed E-state index contributed by atoms with van der Waals surface area (Å²) in [5.41, 5.74) is 1.42. The summed E-state index contributed by atoms with van der Waals surface area (Å²) in [4.78, 5) is 37.4. The van der Waals surface area contributed by atoms with Crippen LogP contribution in [0.1, 0.15) is 18.1 Å². The molecular formula is C22H19FINO6S. The molecule has 3 rings (SSSR count). The van der Waals surface area contributed by atoms with Crippen molar-refractivity contribution in [2.75, 3.05) is 20.3 Å². The van der Waals surface area contributed by atoms with E-state index in [1.54, 1.807) is 37.3 Å². The van der Waals surface area contributed by atoms with Gasteiger partial charge >= 0.3 is 5.97 Å². The van der Waals surface area contributed by atoms with Crippen molar-refractivity contribution in [1.29, 1.82) is 0 Å². The lowest BCUT2D eigenvalue weighted by Gasteiger charge is -2.14. The number of carbonyl (C=O) groups excluding carboxylic acids is 3. The first-order valence-electron chi connectivity index (χ1n) is 9.48. The topological polar surface area (TPSA) is 82.1 Å². The summed E-state index contributed by atoms with van der Waals surface area (Å²) < 4.78 is 29.9. The summed E-state index contributed by atoms with van der Waals surface area (Å²) >= 11 is 2.84. The maximum Gasteiger partial charge on any atom is 0.326 e. The highest BCUT2D eigenvalue weighted by molar-refractivity contribution is 14.1. The van der Waals surface area contributed by atoms with Gasteiger partial charge in [-0.2, -0.15) is 0 Å². The Kier molecular flexibility index (Phi) is 8.13. The second-order valence-corrected chi connectivity index (χ2v) is 8.68. The smallest absolute Gasteiger partial charge is 0.326 e. The number of amides is 2. The molecule has 2 aromatic rings. The van der Waals surface area contributed by atoms with Gasteiger partial charge in [-0.15, -0.1) is 0 Å². The third-order valence-electron chi connectivity index (χ3n) is 4.31. The number of hydrogen-bond acceptors (Lipinski definition) is 7. The van der Waals surface area contributed by atoms with Crippen LogP contribution >= 0.6 is 34.4 Å². The molecule has 1 saturated heterocycles. The lowest BCUT2D eigenvalue weighted by Crippen LogP contribution is -2.34. The number of nitrogens with zero attached hydrogens (tertiary/aromatic N) is 1. The zero-order chi connectivity index (χ0) is 23.3. The minimum absolute atomic E-state index is 0.165. The SMILES string of the molecule is CCOC(=O)CN1C(=O)S/C(=C/c2cc(I)c(OCc3ccc(F)cc3)c(OC)c2)C1=O. The lowest BCUT2D eigenvalue weighted by molar-refractivity contribution is -0.145. The van der Waals surface area contributed by atoms with E-state index in [0.717, 1.165) is 25.8 Å². The van der Waals surface area contributed by atoms with Crippen molar-refractivity contribution >= 4 is 57.5 Å². The van der Waals surface area contributed by atoms with Crippen LogP contribution in [0.25, 0.3) is 6.08 Å². The number of rotatable bonds is 8. The highest BCUT2D eigenvalue weighted by Crippen LogP contribution is 2.37. The van der Waals surface area contributed by atoms with E-state index in [-0.39, 0.29) is 23.9 Å². The zero-order valence-electron chi connectivity index (χ0n) is 17.2. The third kappa shape index (κ3) is 5.80. The number of benzene rings is 2. The normalized spacial score (nSPS) is 14.8. The minimum Gasteiger partial charge on any atom is -0.493 e. The van der Waals surface area contributed by atoms with Crippen molar-refractivity contribution in [1.82, 2.24) is 4.90 Å². The first kappa shape index (κ1) is 24.1. The summed E-state index contributed by atoms with van der Waals surface area (Å²) in [6, 6.07) is 9.45. The van der Waals surface area contributed by atoms with E-state index in [1.807, 2.05) is 0 Å². The van der Waals surface area contributed by atoms with Crippen molar-refractivity contribution in [3.8, 4) is 11.5 Å². The Bertz CT molecular complexity index is 1070. The quantitative estimate of drug-likeness (QED) is 0.260. The molecule has 1 fully saturated rings. The van der Waals surface area contributed by atoms with Gasteiger partial charge in [0, 0.05) is 0 Å². The van der Waals surface area contributed by atoms with Gasteiger partial charge in [-0.05, 0) is 82.7 Å². The Morgan fingerprint density at radius 1 is 1.22 bits per heavy atom. The fourth-order valence-electron chi connectivity index (χ4n) is 2.82. The molecule has 0 aromatic heterocycles. The van der Waals surface area contributed by atoms with E-state index >= 15 is 0 Å². The molecule has 1 aliphatic heterocycles. The number of hydrogen-bond donors (Lipinski definition) is 0. The van der Waals surface area contributed by atoms with E-state index < -0.39 is 23.7 Å². The zero-order valence-corrected chi connectivity index (χ0v) is 20.2. The maximum absolute atomic E-state index is 13.1. The predicted octanol–water partition coefficient (Wildman–Crippen LogP) is 4.62. The molecule has 2 amide bonds. The van der Waals surface area contributed by atoms with Crippen molar-refractivity contribution < 1.29 is 33.0 Å². The molecule has 0 atom stereocenters. The Morgan fingerprint density at radius 2 is 1.94 bits per heavy atom. The molecule has 168 valence electrons. The maximum atomic E-state index is 13.1. The minimum atomic E-state index is -0.644. The monoisotopic (exact) mass is 571 g/mol. The van der Waals surface area contributed by atoms with E-state index in [9.17, 15) is 18.8 Å². The van der Waals surface area contributed by atoms with Crippen molar-refractivity contribution in [3.05, 3.63) is 61.8 Å². The number of esters is 1. The van der Waals surface area contributed by atoms with Crippen molar-refractivity contribution in [2.24, 2.45) is 0 Å². The summed E-state index contributed by atoms with van der Waals surface area (Å²) in [6.45, 7) is 1.61. The second kappa shape index (κ2) is 10.8. The summed E-state index contributed by atoms with van der Waals surface area (Å²) in [5.74, 6) is -0.577. The van der Waals surface area contributed by atoms with Crippen molar-refractivity contribution in [2.45, 2.75) is 13.5 Å². The van der Waals surface area contributed by atoms with Gasteiger partial charge in [0.15, 0.2) is 11.5 Å². The van der Waals surface area contributed by atoms with Crippen LogP contribution in [0, 0.1) is 9.39 Å². The highest BCUT2D eigenvalue weighted by atomic mass is 127. The highest BCUT2D eigenvalue weighted by Gasteiger charge is 2.36. The van der Waals surface area contributed by atoms with Crippen LogP contribution in [0.3, 0.4) is 0 Å². The van der Waals surface area contributed by atoms with Gasteiger partial charge in [-0.3, -0.25) is 19.3 Å². The number of halogens is 2. The molecule has 0 bridgehead atoms. The van der Waals surface area contributed by atoms with Crippen LogP contribution in [0.2, 0.25) is 0 Å². The number of ether oxygens (including phenoxy) is 3. The van der Waals surface area contributed by atoms with Gasteiger partial charge in [0.1, 0.15) is 19.0 Å². The number of carbonyl (C=O) groups is 3. The molecule has 7 nitrogen and oxygen atoms in total. The van der Waals surface area contributed by atoms with E-state index in [0.29, 0.717) is 17.1 Å². The van der Waals surface area contributed by atoms with Gasteiger partial charge < -0.3 is 14.2 Å². The fraction of sp³-hybridized carbons (Fsp3) is 0.227. The van der Waals surface area contributed by atoms with Crippen LogP contribution in [-0.4, -0.2) is 42.3 Å². The summed E-state index contributed by atoms with van der Waals surface area (Å²) in [5, 5.41) is -0.532. The molecule has 1 aliphatic rings. The number of methoxy groups -OCH3 is 1. The largest absolute Gasteiger partial charge is 0.493 e. The predicted molar refractivity (Wildman–Crippen MR) is 126 cm³/mol. The summed E-state index contributed by atoms with van der Waals surface area (Å²) in [6.07, 6.45) is 1.56. The van der Waals surface area contributed by atoms with Crippen LogP contribution in [0.15, 0.2) is 41.3 Å². The lowest BCUT2D eigenvalue weighted by atomic mass is 10.1. The molecule has 0 saturated carbocycles. The molecule has 1 heterocycles. The van der Waals surface area contributed by atoms with Gasteiger partial charge in [-0.1, -0.05) is 12.1 Å². The first-order valence-corrected chi connectivity index (χ1v) is 11.4. The van der Waals surface area contributed by atoms with Gasteiger partial charge in [0.25, 0.3) is 11.1 Å². The Labute approximate surface area is 202 Å². The van der Waals surface area contributed by atoms with Crippen molar-refractivity contribution in [3.63, 3.8) is 0 Å². The molecule has 2 aromatic carbocycles. The van der Waals surface area contributed by atoms with E-state index in [2.05, 4.69) is 22.6 Å². The Balaban J connectivity index is 1.78. The second-order valence-electron chi connectivity index (χ2n) is 6.52. The molecule has 0 aliphatic carbocycles. The molecule has 32 heavy (non-hydrogen) atoms. The molecule has 0 N–H and O–H groups in total. The van der Waals surface area contributed by atoms with E-state index in [1.165, 1.54) is 19.2 Å². The van der Waals surface area contributed by atoms with Gasteiger partial charge in [0.05, 0.1) is 22.2 Å². The molecule has 10 heteroatoms. The Morgan fingerprint density at radius 3 is 2.59 bits per heavy atom. The van der Waals surface area contributed by atoms with Crippen LogP contribution in [0.5, 0.6) is 11.5 Å². The molecular weight excluding hydrogens is 552 g/mol. The van der Waals surface area contributed by atoms with Gasteiger partial charge in [-0.25, -0.2) is 4.39 Å². The number of thioether (sulfide) groups is 1. The molecule has 0 spiro atoms. The molecule has 0 radical (unpaired) electrons. The average molecular weight is 571 g/mol. The molecule has 0 unspecified atom stereocenters. The average Bonchev–Trinajstić information content (AvgIpc) is 3.01. The van der Waals surface area contributed by atoms with Crippen LogP contribution in [-0.2, 0) is 20.9 Å². The first-order chi connectivity index (χ1) is 15.3. The van der Waals surface area contributed by atoms with Crippen LogP contribution < -0.4 is 9.47 Å². The standard InChI is InChI=1S/C22H19FINO6S/c1-3-30-19(26)11-25-21(27)18(32-22(25)28)10-14-8-16(24)20(17(9-14)29-2)31-12-13-4-6-15(23)7-5-13/h4-10H,3,11-12H2,1-2H3/b18-10+. The fourth-order valence-corrected chi connectivity index (χ4v) is 4.44. The van der Waals surface area contributed by atoms with E-state index in [4.69, 9.17) is 14.2 Å². The van der Waals surface area contributed by atoms with Gasteiger partial charge in [0.2, 0.25) is 0 Å². The Hall–Kier alpha value is -2.60. The number of imide groups is 1. The summed E-state index contributed by atoms with van der Waals surface area (Å²) in [7, 11) is 1.49.